The summed E-state index contributed by atoms with van der Waals surface area (Å²) in [5.41, 5.74) is 2.26. The molecule has 5 heteroatoms. The highest BCUT2D eigenvalue weighted by Gasteiger charge is 2.23. The van der Waals surface area contributed by atoms with Gasteiger partial charge in [-0.25, -0.2) is 8.42 Å². The van der Waals surface area contributed by atoms with Gasteiger partial charge in [0.2, 0.25) is 10.0 Å². The minimum Gasteiger partial charge on any atom is -0.270 e. The molecule has 0 saturated carbocycles. The summed E-state index contributed by atoms with van der Waals surface area (Å²) in [7, 11) is -3.47. The fraction of sp³-hybridized carbons (Fsp3) is 0.250. The third kappa shape index (κ3) is 3.57. The lowest BCUT2D eigenvalue weighted by atomic mass is 10.2. The van der Waals surface area contributed by atoms with Crippen LogP contribution in [0.1, 0.15) is 18.1 Å². The highest BCUT2D eigenvalue weighted by atomic mass is 35.5. The van der Waals surface area contributed by atoms with Crippen molar-refractivity contribution in [1.82, 2.24) is 0 Å². The Morgan fingerprint density at radius 1 is 1.05 bits per heavy atom. The predicted molar refractivity (Wildman–Crippen MR) is 88.3 cm³/mol. The van der Waals surface area contributed by atoms with Gasteiger partial charge in [-0.2, -0.15) is 0 Å². The first kappa shape index (κ1) is 15.9. The number of nitrogens with zero attached hydrogens (tertiary/aromatic N) is 1. The second-order valence-corrected chi connectivity index (χ2v) is 7.10. The maximum absolute atomic E-state index is 12.7. The Labute approximate surface area is 131 Å². The van der Waals surface area contributed by atoms with E-state index in [1.54, 1.807) is 24.3 Å². The van der Waals surface area contributed by atoms with E-state index in [0.717, 1.165) is 5.56 Å². The molecule has 3 nitrogen and oxygen atoms in total. The van der Waals surface area contributed by atoms with Crippen molar-refractivity contribution in [1.29, 1.82) is 0 Å². The van der Waals surface area contributed by atoms with Crippen molar-refractivity contribution in [2.24, 2.45) is 0 Å². The Balaban J connectivity index is 2.38. The number of sulfonamides is 1. The van der Waals surface area contributed by atoms with Gasteiger partial charge >= 0.3 is 0 Å². The second kappa shape index (κ2) is 6.50. The van der Waals surface area contributed by atoms with Gasteiger partial charge < -0.3 is 0 Å². The van der Waals surface area contributed by atoms with E-state index < -0.39 is 10.0 Å². The van der Waals surface area contributed by atoms with Gasteiger partial charge in [0.1, 0.15) is 0 Å². The summed E-state index contributed by atoms with van der Waals surface area (Å²) in [5, 5.41) is 0.474. The summed E-state index contributed by atoms with van der Waals surface area (Å²) in [6, 6.07) is 14.5. The SMILES string of the molecule is CCN(c1ccccc1C)S(=O)(=O)Cc1ccccc1Cl. The number of para-hydroxylation sites is 1. The van der Waals surface area contributed by atoms with Crippen LogP contribution in [0.4, 0.5) is 5.69 Å². The quantitative estimate of drug-likeness (QED) is 0.834. The normalized spacial score (nSPS) is 11.4. The number of halogens is 1. The van der Waals surface area contributed by atoms with Gasteiger partial charge in [-0.05, 0) is 37.1 Å². The van der Waals surface area contributed by atoms with Crippen LogP contribution in [0, 0.1) is 6.92 Å². The fourth-order valence-corrected chi connectivity index (χ4v) is 4.23. The summed E-state index contributed by atoms with van der Waals surface area (Å²) in [6.07, 6.45) is 0. The number of anilines is 1. The Morgan fingerprint density at radius 3 is 2.29 bits per heavy atom. The van der Waals surface area contributed by atoms with Gasteiger partial charge in [-0.1, -0.05) is 48.0 Å². The zero-order chi connectivity index (χ0) is 15.5. The lowest BCUT2D eigenvalue weighted by Crippen LogP contribution is -2.32. The molecule has 0 amide bonds. The van der Waals surface area contributed by atoms with E-state index in [1.165, 1.54) is 4.31 Å². The lowest BCUT2D eigenvalue weighted by Gasteiger charge is -2.24. The molecule has 0 aliphatic heterocycles. The van der Waals surface area contributed by atoms with Gasteiger partial charge in [0.25, 0.3) is 0 Å². The largest absolute Gasteiger partial charge is 0.270 e. The van der Waals surface area contributed by atoms with Gasteiger partial charge in [-0.3, -0.25) is 4.31 Å². The first-order valence-corrected chi connectivity index (χ1v) is 8.74. The average molecular weight is 324 g/mol. The van der Waals surface area contributed by atoms with E-state index in [4.69, 9.17) is 11.6 Å². The molecule has 0 aromatic heterocycles. The van der Waals surface area contributed by atoms with Crippen LogP contribution in [0.5, 0.6) is 0 Å². The molecule has 2 aromatic carbocycles. The Morgan fingerprint density at radius 2 is 1.67 bits per heavy atom. The van der Waals surface area contributed by atoms with Crippen LogP contribution in [-0.2, 0) is 15.8 Å². The molecule has 0 spiro atoms. The van der Waals surface area contributed by atoms with E-state index in [1.807, 2.05) is 38.1 Å². The van der Waals surface area contributed by atoms with E-state index in [9.17, 15) is 8.42 Å². The summed E-state index contributed by atoms with van der Waals surface area (Å²) in [6.45, 7) is 4.12. The van der Waals surface area contributed by atoms with Crippen molar-refractivity contribution in [3.05, 3.63) is 64.7 Å². The van der Waals surface area contributed by atoms with Crippen molar-refractivity contribution in [2.45, 2.75) is 19.6 Å². The maximum atomic E-state index is 12.7. The monoisotopic (exact) mass is 323 g/mol. The third-order valence-electron chi connectivity index (χ3n) is 3.30. The average Bonchev–Trinajstić information content (AvgIpc) is 2.44. The van der Waals surface area contributed by atoms with Crippen LogP contribution < -0.4 is 4.31 Å². The molecule has 2 aromatic rings. The Hall–Kier alpha value is -1.52. The van der Waals surface area contributed by atoms with Crippen LogP contribution in [0.25, 0.3) is 0 Å². The Bertz CT molecular complexity index is 729. The number of aryl methyl sites for hydroxylation is 1. The highest BCUT2D eigenvalue weighted by molar-refractivity contribution is 7.92. The molecule has 0 saturated heterocycles. The molecule has 0 unspecified atom stereocenters. The smallest absolute Gasteiger partial charge is 0.239 e. The molecule has 0 radical (unpaired) electrons. The molecule has 0 heterocycles. The first-order chi connectivity index (χ1) is 9.95. The molecular formula is C16H18ClNO2S. The molecule has 2 rings (SSSR count). The number of hydrogen-bond donors (Lipinski definition) is 0. The van der Waals surface area contributed by atoms with E-state index >= 15 is 0 Å². The van der Waals surface area contributed by atoms with Crippen LogP contribution in [0.2, 0.25) is 5.02 Å². The summed E-state index contributed by atoms with van der Waals surface area (Å²) < 4.78 is 26.8. The molecule has 112 valence electrons. The van der Waals surface area contributed by atoms with Crippen molar-refractivity contribution in [2.75, 3.05) is 10.8 Å². The van der Waals surface area contributed by atoms with Gasteiger partial charge in [0.05, 0.1) is 11.4 Å². The molecule has 0 aliphatic rings. The first-order valence-electron chi connectivity index (χ1n) is 6.75. The summed E-state index contributed by atoms with van der Waals surface area (Å²) in [4.78, 5) is 0. The summed E-state index contributed by atoms with van der Waals surface area (Å²) >= 11 is 6.07. The predicted octanol–water partition coefficient (Wildman–Crippen LogP) is 4.00. The van der Waals surface area contributed by atoms with E-state index in [0.29, 0.717) is 22.8 Å². The fourth-order valence-electron chi connectivity index (χ4n) is 2.25. The highest BCUT2D eigenvalue weighted by Crippen LogP contribution is 2.26. The zero-order valence-electron chi connectivity index (χ0n) is 12.1. The van der Waals surface area contributed by atoms with Crippen molar-refractivity contribution in [3.63, 3.8) is 0 Å². The minimum absolute atomic E-state index is 0.102. The zero-order valence-corrected chi connectivity index (χ0v) is 13.7. The molecule has 0 N–H and O–H groups in total. The lowest BCUT2D eigenvalue weighted by molar-refractivity contribution is 0.591. The number of rotatable bonds is 5. The van der Waals surface area contributed by atoms with E-state index in [-0.39, 0.29) is 5.75 Å². The van der Waals surface area contributed by atoms with Crippen molar-refractivity contribution in [3.8, 4) is 0 Å². The second-order valence-electron chi connectivity index (χ2n) is 4.80. The molecule has 0 aliphatic carbocycles. The van der Waals surface area contributed by atoms with Crippen molar-refractivity contribution < 1.29 is 8.42 Å². The van der Waals surface area contributed by atoms with Gasteiger partial charge in [-0.15, -0.1) is 0 Å². The van der Waals surface area contributed by atoms with Crippen LogP contribution >= 0.6 is 11.6 Å². The van der Waals surface area contributed by atoms with E-state index in [2.05, 4.69) is 0 Å². The molecule has 0 fully saturated rings. The number of benzene rings is 2. The van der Waals surface area contributed by atoms with Crippen LogP contribution in [0.3, 0.4) is 0 Å². The summed E-state index contributed by atoms with van der Waals surface area (Å²) in [5.74, 6) is -0.102. The van der Waals surface area contributed by atoms with Gasteiger partial charge in [0.15, 0.2) is 0 Å². The molecule has 0 atom stereocenters. The Kier molecular flexibility index (Phi) is 4.91. The maximum Gasteiger partial charge on any atom is 0.239 e. The molecule has 21 heavy (non-hydrogen) atoms. The topological polar surface area (TPSA) is 37.4 Å². The third-order valence-corrected chi connectivity index (χ3v) is 5.47. The van der Waals surface area contributed by atoms with Crippen LogP contribution in [-0.4, -0.2) is 15.0 Å². The van der Waals surface area contributed by atoms with Gasteiger partial charge in [0, 0.05) is 11.6 Å². The minimum atomic E-state index is -3.47. The standard InChI is InChI=1S/C16H18ClNO2S/c1-3-18(16-11-7-4-8-13(16)2)21(19,20)12-14-9-5-6-10-15(14)17/h4-11H,3,12H2,1-2H3. The number of hydrogen-bond acceptors (Lipinski definition) is 2. The van der Waals surface area contributed by atoms with Crippen LogP contribution in [0.15, 0.2) is 48.5 Å². The molecular weight excluding hydrogens is 306 g/mol. The molecule has 0 bridgehead atoms. The van der Waals surface area contributed by atoms with Crippen molar-refractivity contribution >= 4 is 27.3 Å².